The number of aromatic amines is 1. The Kier molecular flexibility index (Phi) is 5.60. The van der Waals surface area contributed by atoms with E-state index in [1.807, 2.05) is 48.9 Å². The van der Waals surface area contributed by atoms with Crippen molar-refractivity contribution >= 4 is 28.8 Å². The third-order valence-corrected chi connectivity index (χ3v) is 5.70. The number of nitrogens with zero attached hydrogens (tertiary/aromatic N) is 4. The lowest BCUT2D eigenvalue weighted by atomic mass is 10.1. The third-order valence-electron chi connectivity index (χ3n) is 4.75. The van der Waals surface area contributed by atoms with Gasteiger partial charge in [0.15, 0.2) is 10.8 Å². The van der Waals surface area contributed by atoms with E-state index in [1.54, 1.807) is 6.92 Å². The molecule has 4 aromatic rings. The molecule has 0 saturated heterocycles. The van der Waals surface area contributed by atoms with E-state index >= 15 is 0 Å². The number of rotatable bonds is 5. The van der Waals surface area contributed by atoms with Crippen molar-refractivity contribution in [1.29, 1.82) is 0 Å². The Hall–Kier alpha value is -3.46. The fourth-order valence-corrected chi connectivity index (χ4v) is 4.17. The number of esters is 1. The molecule has 1 N–H and O–H groups in total. The topological polar surface area (TPSA) is 103 Å². The summed E-state index contributed by atoms with van der Waals surface area (Å²) in [5.41, 5.74) is 4.68. The highest BCUT2D eigenvalue weighted by Crippen LogP contribution is 2.22. The second-order valence-electron chi connectivity index (χ2n) is 7.17. The summed E-state index contributed by atoms with van der Waals surface area (Å²) in [6, 6.07) is 11.6. The van der Waals surface area contributed by atoms with Crippen LogP contribution in [0.3, 0.4) is 0 Å². The van der Waals surface area contributed by atoms with Crippen molar-refractivity contribution in [2.45, 2.75) is 31.7 Å². The summed E-state index contributed by atoms with van der Waals surface area (Å²) in [5.74, 6) is 0.0209. The monoisotopic (exact) mass is 435 g/mol. The molecule has 8 nitrogen and oxygen atoms in total. The highest BCUT2D eigenvalue weighted by molar-refractivity contribution is 7.98. The molecular weight excluding hydrogens is 414 g/mol. The number of hydrogen-bond donors (Lipinski definition) is 1. The Labute approximate surface area is 182 Å². The highest BCUT2D eigenvalue weighted by Gasteiger charge is 2.17. The summed E-state index contributed by atoms with van der Waals surface area (Å²) in [5, 5.41) is 5.07. The number of aryl methyl sites for hydroxylation is 3. The number of nitrogens with one attached hydrogen (secondary N) is 1. The Morgan fingerprint density at radius 1 is 1.10 bits per heavy atom. The van der Waals surface area contributed by atoms with Crippen LogP contribution < -0.4 is 5.56 Å². The van der Waals surface area contributed by atoms with Crippen molar-refractivity contribution in [1.82, 2.24) is 24.7 Å². The van der Waals surface area contributed by atoms with Crippen LogP contribution in [0, 0.1) is 20.8 Å². The molecule has 158 valence electrons. The quantitative estimate of drug-likeness (QED) is 0.291. The molecule has 0 amide bonds. The smallest absolute Gasteiger partial charge is 0.338 e. The van der Waals surface area contributed by atoms with Gasteiger partial charge in [-0.25, -0.2) is 19.4 Å². The van der Waals surface area contributed by atoms with Crippen LogP contribution in [0.15, 0.2) is 46.3 Å². The number of thioether (sulfide) groups is 1. The lowest BCUT2D eigenvalue weighted by molar-refractivity contribution is 0.0602. The first kappa shape index (κ1) is 20.8. The van der Waals surface area contributed by atoms with Crippen molar-refractivity contribution in [2.24, 2.45) is 0 Å². The van der Waals surface area contributed by atoms with E-state index in [9.17, 15) is 9.59 Å². The maximum Gasteiger partial charge on any atom is 0.338 e. The molecule has 9 heteroatoms. The molecule has 0 fully saturated rings. The number of H-pyrrole nitrogens is 1. The molecule has 0 atom stereocenters. The van der Waals surface area contributed by atoms with Crippen LogP contribution in [0.5, 0.6) is 0 Å². The first-order valence-corrected chi connectivity index (χ1v) is 10.6. The Morgan fingerprint density at radius 2 is 1.84 bits per heavy atom. The predicted octanol–water partition coefficient (Wildman–Crippen LogP) is 3.51. The van der Waals surface area contributed by atoms with Crippen LogP contribution in [0.4, 0.5) is 0 Å². The number of benzene rings is 1. The molecule has 0 bridgehead atoms. The van der Waals surface area contributed by atoms with Gasteiger partial charge in [0.05, 0.1) is 29.4 Å². The number of fused-ring (bicyclic) bond motifs is 1. The van der Waals surface area contributed by atoms with Crippen molar-refractivity contribution < 1.29 is 9.53 Å². The minimum Gasteiger partial charge on any atom is -0.465 e. The average Bonchev–Trinajstić information content (AvgIpc) is 3.09. The fraction of sp³-hybridized carbons (Fsp3) is 0.227. The first-order valence-electron chi connectivity index (χ1n) is 9.61. The lowest BCUT2D eigenvalue weighted by Gasteiger charge is -2.08. The number of carbonyl (C=O) groups is 1. The Morgan fingerprint density at radius 3 is 2.48 bits per heavy atom. The van der Waals surface area contributed by atoms with E-state index in [2.05, 4.69) is 20.1 Å². The second kappa shape index (κ2) is 8.35. The zero-order valence-corrected chi connectivity index (χ0v) is 18.4. The zero-order chi connectivity index (χ0) is 22.1. The van der Waals surface area contributed by atoms with Crippen LogP contribution >= 0.6 is 11.8 Å². The maximum absolute atomic E-state index is 12.6. The van der Waals surface area contributed by atoms with Crippen LogP contribution in [-0.4, -0.2) is 37.8 Å². The van der Waals surface area contributed by atoms with E-state index < -0.39 is 11.5 Å². The molecule has 3 aromatic heterocycles. The van der Waals surface area contributed by atoms with Crippen molar-refractivity contribution in [3.63, 3.8) is 0 Å². The van der Waals surface area contributed by atoms with Crippen LogP contribution in [0.2, 0.25) is 0 Å². The van der Waals surface area contributed by atoms with E-state index in [4.69, 9.17) is 4.74 Å². The molecule has 0 aliphatic rings. The van der Waals surface area contributed by atoms with E-state index in [0.717, 1.165) is 22.6 Å². The van der Waals surface area contributed by atoms with Crippen molar-refractivity contribution in [2.75, 3.05) is 7.11 Å². The average molecular weight is 436 g/mol. The van der Waals surface area contributed by atoms with Gasteiger partial charge >= 0.3 is 5.97 Å². The number of pyridine rings is 1. The summed E-state index contributed by atoms with van der Waals surface area (Å²) in [4.78, 5) is 36.2. The van der Waals surface area contributed by atoms with E-state index in [1.165, 1.54) is 24.9 Å². The molecule has 1 aromatic carbocycles. The third kappa shape index (κ3) is 4.22. The summed E-state index contributed by atoms with van der Waals surface area (Å²) < 4.78 is 6.69. The van der Waals surface area contributed by atoms with Crippen LogP contribution in [0.25, 0.3) is 16.7 Å². The minimum absolute atomic E-state index is 0.135. The number of methoxy groups -OCH3 is 1. The van der Waals surface area contributed by atoms with Crippen molar-refractivity contribution in [3.8, 4) is 5.69 Å². The van der Waals surface area contributed by atoms with Gasteiger partial charge in [0.1, 0.15) is 0 Å². The molecule has 0 radical (unpaired) electrons. The molecule has 4 rings (SSSR count). The SMILES string of the molecule is COC(=O)c1cc(C)nc2nc(SCc3ccc(-n4nc(C)cc4C)cc3)[nH]c(=O)c12. The summed E-state index contributed by atoms with van der Waals surface area (Å²) in [6.45, 7) is 5.73. The largest absolute Gasteiger partial charge is 0.465 e. The van der Waals surface area contributed by atoms with Crippen LogP contribution in [-0.2, 0) is 10.5 Å². The number of aromatic nitrogens is 5. The molecule has 0 saturated carbocycles. The van der Waals surface area contributed by atoms with Gasteiger partial charge in [-0.15, -0.1) is 0 Å². The predicted molar refractivity (Wildman–Crippen MR) is 119 cm³/mol. The minimum atomic E-state index is -0.592. The zero-order valence-electron chi connectivity index (χ0n) is 17.6. The lowest BCUT2D eigenvalue weighted by Crippen LogP contribution is -2.16. The molecule has 0 unspecified atom stereocenters. The molecule has 0 aliphatic heterocycles. The van der Waals surface area contributed by atoms with Gasteiger partial charge in [0.25, 0.3) is 5.56 Å². The standard InChI is InChI=1S/C22H21N5O3S/c1-12-10-17(21(29)30-4)18-19(23-12)24-22(25-20(18)28)31-11-15-5-7-16(8-6-15)27-14(3)9-13(2)26-27/h5-10H,11H2,1-4H3,(H,23,24,25,28). The van der Waals surface area contributed by atoms with Gasteiger partial charge in [0, 0.05) is 17.1 Å². The maximum atomic E-state index is 12.6. The van der Waals surface area contributed by atoms with Gasteiger partial charge < -0.3 is 9.72 Å². The molecular formula is C22H21N5O3S. The molecule has 31 heavy (non-hydrogen) atoms. The van der Waals surface area contributed by atoms with Gasteiger partial charge in [0.2, 0.25) is 0 Å². The van der Waals surface area contributed by atoms with Crippen molar-refractivity contribution in [3.05, 3.63) is 75.0 Å². The van der Waals surface area contributed by atoms with Gasteiger partial charge in [-0.2, -0.15) is 5.10 Å². The normalized spacial score (nSPS) is 11.1. The fourth-order valence-electron chi connectivity index (χ4n) is 3.36. The van der Waals surface area contributed by atoms with Gasteiger partial charge in [-0.3, -0.25) is 4.79 Å². The Balaban J connectivity index is 1.57. The molecule has 3 heterocycles. The Bertz CT molecular complexity index is 1340. The summed E-state index contributed by atoms with van der Waals surface area (Å²) >= 11 is 1.39. The van der Waals surface area contributed by atoms with Crippen LogP contribution in [0.1, 0.15) is 33.0 Å². The molecule has 0 aliphatic carbocycles. The number of carbonyl (C=O) groups excluding carboxylic acids is 1. The number of ether oxygens (including phenoxy) is 1. The second-order valence-corrected chi connectivity index (χ2v) is 8.13. The number of hydrogen-bond acceptors (Lipinski definition) is 7. The highest BCUT2D eigenvalue weighted by atomic mass is 32.2. The summed E-state index contributed by atoms with van der Waals surface area (Å²) in [7, 11) is 1.27. The first-order chi connectivity index (χ1) is 14.9. The van der Waals surface area contributed by atoms with E-state index in [-0.39, 0.29) is 16.6 Å². The summed E-state index contributed by atoms with van der Waals surface area (Å²) in [6.07, 6.45) is 0. The van der Waals surface area contributed by atoms with Gasteiger partial charge in [-0.05, 0) is 50.6 Å². The van der Waals surface area contributed by atoms with E-state index in [0.29, 0.717) is 16.6 Å². The molecule has 0 spiro atoms. The van der Waals surface area contributed by atoms with Gasteiger partial charge in [-0.1, -0.05) is 23.9 Å².